The van der Waals surface area contributed by atoms with Crippen LogP contribution in [0.25, 0.3) is 0 Å². The van der Waals surface area contributed by atoms with Crippen LogP contribution in [0.2, 0.25) is 0 Å². The summed E-state index contributed by atoms with van der Waals surface area (Å²) >= 11 is 0. The lowest BCUT2D eigenvalue weighted by Gasteiger charge is -2.43. The minimum Gasteiger partial charge on any atom is -0.463 e. The molecular weight excluding hydrogens is 598 g/mol. The summed E-state index contributed by atoms with van der Waals surface area (Å²) in [5, 5.41) is 10.0. The van der Waals surface area contributed by atoms with Gasteiger partial charge in [0, 0.05) is 20.8 Å². The van der Waals surface area contributed by atoms with Crippen molar-refractivity contribution in [2.24, 2.45) is 0 Å². The van der Waals surface area contributed by atoms with Gasteiger partial charge < -0.3 is 38.4 Å². The van der Waals surface area contributed by atoms with Gasteiger partial charge in [0.15, 0.2) is 30.6 Å². The van der Waals surface area contributed by atoms with Crippen LogP contribution in [0.3, 0.4) is 0 Å². The molecule has 1 heterocycles. The number of ether oxygens (including phenoxy) is 6. The summed E-state index contributed by atoms with van der Waals surface area (Å²) in [5.41, 5.74) is 0.565. The molecule has 1 aliphatic rings. The smallest absolute Gasteiger partial charge is 0.441 e. The van der Waals surface area contributed by atoms with E-state index >= 15 is 0 Å². The molecule has 1 amide bonds. The maximum absolute atomic E-state index is 13.3. The molecule has 2 aromatic rings. The average molecular weight is 632 g/mol. The Hall–Kier alpha value is -5.02. The van der Waals surface area contributed by atoms with E-state index in [1.165, 1.54) is 31.2 Å². The monoisotopic (exact) mass is 631 g/mol. The van der Waals surface area contributed by atoms with Crippen molar-refractivity contribution >= 4 is 35.9 Å². The van der Waals surface area contributed by atoms with Crippen LogP contribution in [0.15, 0.2) is 60.7 Å². The van der Waals surface area contributed by atoms with Gasteiger partial charge in [-0.15, -0.1) is 5.06 Å². The van der Waals surface area contributed by atoms with Crippen LogP contribution in [0, 0.1) is 0 Å². The zero-order valence-corrected chi connectivity index (χ0v) is 24.9. The van der Waals surface area contributed by atoms with E-state index in [1.54, 1.807) is 36.4 Å². The molecule has 3 rings (SSSR count). The van der Waals surface area contributed by atoms with Crippen molar-refractivity contribution in [3.63, 3.8) is 0 Å². The molecule has 0 spiro atoms. The number of carboxylic acid groups (broad SMARTS) is 1. The molecule has 0 saturated carbocycles. The summed E-state index contributed by atoms with van der Waals surface area (Å²) in [7, 11) is 0. The maximum atomic E-state index is 13.3. The Morgan fingerprint density at radius 3 is 1.89 bits per heavy atom. The molecule has 0 aromatic heterocycles. The Kier molecular flexibility index (Phi) is 12.4. The summed E-state index contributed by atoms with van der Waals surface area (Å²) < 4.78 is 32.8. The van der Waals surface area contributed by atoms with Crippen LogP contribution in [-0.2, 0) is 59.0 Å². The second-order valence-electron chi connectivity index (χ2n) is 9.73. The molecule has 0 bridgehead atoms. The van der Waals surface area contributed by atoms with Gasteiger partial charge >= 0.3 is 35.9 Å². The van der Waals surface area contributed by atoms with Crippen molar-refractivity contribution in [2.75, 3.05) is 6.61 Å². The van der Waals surface area contributed by atoms with E-state index in [1.807, 2.05) is 0 Å². The van der Waals surface area contributed by atoms with Crippen LogP contribution in [-0.4, -0.2) is 89.5 Å². The Balaban J connectivity index is 1.91. The molecule has 2 aromatic carbocycles. The molecule has 1 aliphatic heterocycles. The summed E-state index contributed by atoms with van der Waals surface area (Å²) in [6.45, 7) is 3.59. The third-order valence-corrected chi connectivity index (χ3v) is 6.21. The summed E-state index contributed by atoms with van der Waals surface area (Å²) in [6.07, 6.45) is -8.64. The number of amides is 1. The predicted molar refractivity (Wildman–Crippen MR) is 149 cm³/mol. The molecule has 1 saturated heterocycles. The lowest BCUT2D eigenvalue weighted by atomic mass is 9.99. The molecule has 15 heteroatoms. The Morgan fingerprint density at radius 1 is 0.800 bits per heavy atom. The Labute approximate surface area is 257 Å². The number of benzene rings is 2. The Morgan fingerprint density at radius 2 is 1.33 bits per heavy atom. The van der Waals surface area contributed by atoms with E-state index in [9.17, 15) is 33.9 Å². The molecule has 242 valence electrons. The molecule has 1 N–H and O–H groups in total. The minimum atomic E-state index is -1.92. The molecule has 1 fully saturated rings. The highest BCUT2D eigenvalue weighted by Gasteiger charge is 2.51. The van der Waals surface area contributed by atoms with E-state index in [0.29, 0.717) is 5.56 Å². The molecule has 15 nitrogen and oxygen atoms in total. The van der Waals surface area contributed by atoms with E-state index < -0.39 is 79.3 Å². The van der Waals surface area contributed by atoms with Crippen molar-refractivity contribution in [3.8, 4) is 0 Å². The fraction of sp³-hybridized carbons (Fsp3) is 0.400. The number of carbonyl (C=O) groups excluding carboxylic acids is 5. The van der Waals surface area contributed by atoms with Gasteiger partial charge in [-0.2, -0.15) is 0 Å². The van der Waals surface area contributed by atoms with E-state index in [4.69, 9.17) is 33.3 Å². The summed E-state index contributed by atoms with van der Waals surface area (Å²) in [4.78, 5) is 79.2. The SMILES string of the molecule is CC(=O)O[C@H]1[C@H](OC(C)=O)[C@@H](OC[C@@H](C(=O)OCc2ccccc2)N(OC(=O)c2ccccc2)C(=O)O)O[C@@H](C)[C@H]1OC(C)=O. The largest absolute Gasteiger partial charge is 0.463 e. The van der Waals surface area contributed by atoms with Crippen LogP contribution in [0.5, 0.6) is 0 Å². The third-order valence-electron chi connectivity index (χ3n) is 6.21. The van der Waals surface area contributed by atoms with Gasteiger partial charge in [-0.1, -0.05) is 48.5 Å². The average Bonchev–Trinajstić information content (AvgIpc) is 2.99. The topological polar surface area (TPSA) is 190 Å². The zero-order chi connectivity index (χ0) is 33.1. The van der Waals surface area contributed by atoms with Gasteiger partial charge in [0.05, 0.1) is 18.3 Å². The van der Waals surface area contributed by atoms with Gasteiger partial charge in [0.25, 0.3) is 0 Å². The van der Waals surface area contributed by atoms with E-state index in [0.717, 1.165) is 20.8 Å². The van der Waals surface area contributed by atoms with E-state index in [-0.39, 0.29) is 17.2 Å². The molecule has 0 aliphatic carbocycles. The van der Waals surface area contributed by atoms with Gasteiger partial charge in [-0.25, -0.2) is 14.4 Å². The molecule has 45 heavy (non-hydrogen) atoms. The molecule has 0 unspecified atom stereocenters. The first-order chi connectivity index (χ1) is 21.4. The van der Waals surface area contributed by atoms with Crippen LogP contribution in [0.4, 0.5) is 4.79 Å². The molecule has 0 radical (unpaired) electrons. The normalized spacial score (nSPS) is 21.4. The number of esters is 4. The Bertz CT molecular complexity index is 1350. The second kappa shape index (κ2) is 16.2. The van der Waals surface area contributed by atoms with Crippen molar-refractivity contribution in [2.45, 2.75) is 71.0 Å². The fourth-order valence-corrected chi connectivity index (χ4v) is 4.30. The van der Waals surface area contributed by atoms with Gasteiger partial charge in [-0.3, -0.25) is 14.4 Å². The lowest BCUT2D eigenvalue weighted by Crippen LogP contribution is -2.61. The zero-order valence-electron chi connectivity index (χ0n) is 24.9. The number of carbonyl (C=O) groups is 6. The summed E-state index contributed by atoms with van der Waals surface area (Å²) in [6, 6.07) is 14.0. The highest BCUT2D eigenvalue weighted by Crippen LogP contribution is 2.30. The van der Waals surface area contributed by atoms with Crippen molar-refractivity contribution in [1.29, 1.82) is 0 Å². The van der Waals surface area contributed by atoms with Crippen LogP contribution < -0.4 is 0 Å². The first-order valence-electron chi connectivity index (χ1n) is 13.7. The number of rotatable bonds is 11. The number of hydroxylamine groups is 2. The van der Waals surface area contributed by atoms with Crippen molar-refractivity contribution < 1.29 is 67.1 Å². The van der Waals surface area contributed by atoms with Crippen molar-refractivity contribution in [1.82, 2.24) is 5.06 Å². The quantitative estimate of drug-likeness (QED) is 0.216. The first kappa shape index (κ1) is 34.5. The van der Waals surface area contributed by atoms with Crippen LogP contribution in [0.1, 0.15) is 43.6 Å². The van der Waals surface area contributed by atoms with Gasteiger partial charge in [0.1, 0.15) is 6.61 Å². The highest BCUT2D eigenvalue weighted by atomic mass is 16.8. The standard InChI is InChI=1S/C30H33NO14/c1-17-24(42-18(2)32)25(43-19(3)33)26(44-20(4)34)29(41-17)40-16-23(28(36)39-15-21-11-7-5-8-12-21)31(30(37)38)45-27(35)22-13-9-6-10-14-22/h5-14,17,23-26,29H,15-16H2,1-4H3,(H,37,38)/t17-,23-,24+,25+,26-,29-/m0/s1. The second-order valence-corrected chi connectivity index (χ2v) is 9.73. The molecular formula is C30H33NO14. The number of hydrogen-bond acceptors (Lipinski definition) is 13. The van der Waals surface area contributed by atoms with Gasteiger partial charge in [0.2, 0.25) is 0 Å². The van der Waals surface area contributed by atoms with Crippen molar-refractivity contribution in [3.05, 3.63) is 71.8 Å². The maximum Gasteiger partial charge on any atom is 0.441 e. The number of hydrogen-bond donors (Lipinski definition) is 1. The van der Waals surface area contributed by atoms with Gasteiger partial charge in [-0.05, 0) is 24.6 Å². The van der Waals surface area contributed by atoms with E-state index in [2.05, 4.69) is 0 Å². The third kappa shape index (κ3) is 10.0. The predicted octanol–water partition coefficient (Wildman–Crippen LogP) is 2.41. The summed E-state index contributed by atoms with van der Waals surface area (Å²) in [5.74, 6) is -4.67. The molecule has 6 atom stereocenters. The fourth-order valence-electron chi connectivity index (χ4n) is 4.30. The number of nitrogens with zero attached hydrogens (tertiary/aromatic N) is 1. The highest BCUT2D eigenvalue weighted by molar-refractivity contribution is 5.90. The first-order valence-corrected chi connectivity index (χ1v) is 13.7. The van der Waals surface area contributed by atoms with Crippen LogP contribution >= 0.6 is 0 Å². The minimum absolute atomic E-state index is 0.0128. The lowest BCUT2D eigenvalue weighted by molar-refractivity contribution is -0.304.